The van der Waals surface area contributed by atoms with E-state index in [1.165, 1.54) is 0 Å². The summed E-state index contributed by atoms with van der Waals surface area (Å²) in [6, 6.07) is 0. The number of aliphatic carboxylic acids is 1. The van der Waals surface area contributed by atoms with Crippen LogP contribution in [0, 0.1) is 0 Å². The summed E-state index contributed by atoms with van der Waals surface area (Å²) in [5.41, 5.74) is 0.235. The first-order valence-electron chi connectivity index (χ1n) is 4.75. The summed E-state index contributed by atoms with van der Waals surface area (Å²) in [5.74, 6) is -0.931. The van der Waals surface area contributed by atoms with Crippen LogP contribution in [0.15, 0.2) is 12.2 Å². The Bertz CT molecular complexity index is 177. The minimum Gasteiger partial charge on any atom is -0.478 e. The molecule has 0 bridgehead atoms. The quantitative estimate of drug-likeness (QED) is 0.454. The molecule has 0 heterocycles. The molecule has 1 N–H and O–H groups in total. The molecule has 4 nitrogen and oxygen atoms in total. The smallest absolute Gasteiger partial charge is 0.330 e. The highest BCUT2D eigenvalue weighted by Gasteiger charge is 2.02. The van der Waals surface area contributed by atoms with Crippen molar-refractivity contribution < 1.29 is 19.4 Å². The average Bonchev–Trinajstić information content (AvgIpc) is 2.16. The molecule has 0 saturated heterocycles. The van der Waals surface area contributed by atoms with Crippen LogP contribution in [-0.4, -0.2) is 37.5 Å². The number of carbonyl (C=O) groups is 1. The largest absolute Gasteiger partial charge is 0.478 e. The number of hydrogen-bond donors (Lipinski definition) is 1. The van der Waals surface area contributed by atoms with E-state index in [0.29, 0.717) is 39.3 Å². The Labute approximate surface area is 84.5 Å². The van der Waals surface area contributed by atoms with Crippen LogP contribution in [0.5, 0.6) is 0 Å². The van der Waals surface area contributed by atoms with Crippen LogP contribution in [-0.2, 0) is 14.3 Å². The minimum absolute atomic E-state index is 0.235. The highest BCUT2D eigenvalue weighted by Crippen LogP contribution is 2.01. The molecule has 0 aliphatic rings. The maximum Gasteiger partial charge on any atom is 0.330 e. The number of rotatable bonds is 9. The van der Waals surface area contributed by atoms with Gasteiger partial charge in [-0.15, -0.1) is 0 Å². The molecule has 14 heavy (non-hydrogen) atoms. The summed E-state index contributed by atoms with van der Waals surface area (Å²) in [5, 5.41) is 8.49. The molecule has 0 aromatic carbocycles. The molecule has 4 heteroatoms. The van der Waals surface area contributed by atoms with Crippen LogP contribution < -0.4 is 0 Å². The van der Waals surface area contributed by atoms with Crippen LogP contribution in [0.2, 0.25) is 0 Å². The van der Waals surface area contributed by atoms with E-state index in [1.54, 1.807) is 0 Å². The van der Waals surface area contributed by atoms with Gasteiger partial charge < -0.3 is 14.6 Å². The van der Waals surface area contributed by atoms with Crippen molar-refractivity contribution in [3.8, 4) is 0 Å². The monoisotopic (exact) mass is 202 g/mol. The van der Waals surface area contributed by atoms with Gasteiger partial charge in [0, 0.05) is 18.8 Å². The molecular formula is C10H18O4. The zero-order valence-corrected chi connectivity index (χ0v) is 8.62. The maximum absolute atomic E-state index is 10.3. The van der Waals surface area contributed by atoms with Crippen LogP contribution >= 0.6 is 0 Å². The second-order valence-electron chi connectivity index (χ2n) is 2.82. The molecular weight excluding hydrogens is 184 g/mol. The molecule has 0 spiro atoms. The highest BCUT2D eigenvalue weighted by atomic mass is 16.5. The van der Waals surface area contributed by atoms with Crippen molar-refractivity contribution in [1.82, 2.24) is 0 Å². The van der Waals surface area contributed by atoms with E-state index in [1.807, 2.05) is 6.92 Å². The van der Waals surface area contributed by atoms with Gasteiger partial charge in [-0.1, -0.05) is 6.58 Å². The molecule has 0 unspecified atom stereocenters. The first kappa shape index (κ1) is 13.1. The van der Waals surface area contributed by atoms with E-state index in [9.17, 15) is 4.79 Å². The van der Waals surface area contributed by atoms with Gasteiger partial charge in [-0.2, -0.15) is 0 Å². The van der Waals surface area contributed by atoms with Gasteiger partial charge in [-0.05, 0) is 19.8 Å². The maximum atomic E-state index is 10.3. The molecule has 0 rings (SSSR count). The fourth-order valence-corrected chi connectivity index (χ4v) is 0.859. The predicted octanol–water partition coefficient (Wildman–Crippen LogP) is 1.46. The lowest BCUT2D eigenvalue weighted by Gasteiger charge is -2.04. The predicted molar refractivity (Wildman–Crippen MR) is 53.3 cm³/mol. The highest BCUT2D eigenvalue weighted by molar-refractivity contribution is 5.85. The SMILES string of the molecule is C=C(CCCOCCOCC)C(=O)O. The van der Waals surface area contributed by atoms with Crippen molar-refractivity contribution in [1.29, 1.82) is 0 Å². The van der Waals surface area contributed by atoms with Crippen molar-refractivity contribution >= 4 is 5.97 Å². The molecule has 0 aromatic heterocycles. The number of hydrogen-bond acceptors (Lipinski definition) is 3. The van der Waals surface area contributed by atoms with E-state index in [2.05, 4.69) is 6.58 Å². The van der Waals surface area contributed by atoms with Crippen molar-refractivity contribution in [2.45, 2.75) is 19.8 Å². The van der Waals surface area contributed by atoms with E-state index in [-0.39, 0.29) is 5.57 Å². The summed E-state index contributed by atoms with van der Waals surface area (Å²) in [4.78, 5) is 10.3. The number of carboxylic acid groups (broad SMARTS) is 1. The van der Waals surface area contributed by atoms with Crippen molar-refractivity contribution in [2.24, 2.45) is 0 Å². The average molecular weight is 202 g/mol. The second kappa shape index (κ2) is 8.72. The fourth-order valence-electron chi connectivity index (χ4n) is 0.859. The topological polar surface area (TPSA) is 55.8 Å². The minimum atomic E-state index is -0.931. The van der Waals surface area contributed by atoms with Gasteiger partial charge in [-0.25, -0.2) is 4.79 Å². The summed E-state index contributed by atoms with van der Waals surface area (Å²) < 4.78 is 10.3. The lowest BCUT2D eigenvalue weighted by molar-refractivity contribution is -0.132. The van der Waals surface area contributed by atoms with E-state index < -0.39 is 5.97 Å². The van der Waals surface area contributed by atoms with Crippen LogP contribution in [0.25, 0.3) is 0 Å². The van der Waals surface area contributed by atoms with Crippen LogP contribution in [0.1, 0.15) is 19.8 Å². The third-order valence-corrected chi connectivity index (χ3v) is 1.65. The van der Waals surface area contributed by atoms with E-state index >= 15 is 0 Å². The Morgan fingerprint density at radius 1 is 1.29 bits per heavy atom. The van der Waals surface area contributed by atoms with Gasteiger partial charge in [-0.3, -0.25) is 0 Å². The summed E-state index contributed by atoms with van der Waals surface area (Å²) in [6.45, 7) is 7.75. The molecule has 0 aliphatic carbocycles. The summed E-state index contributed by atoms with van der Waals surface area (Å²) in [6.07, 6.45) is 1.17. The fraction of sp³-hybridized carbons (Fsp3) is 0.700. The van der Waals surface area contributed by atoms with Gasteiger partial charge in [0.2, 0.25) is 0 Å². The first-order chi connectivity index (χ1) is 6.68. The lowest BCUT2D eigenvalue weighted by Crippen LogP contribution is -2.06. The Balaban J connectivity index is 3.13. The lowest BCUT2D eigenvalue weighted by atomic mass is 10.2. The summed E-state index contributed by atoms with van der Waals surface area (Å²) >= 11 is 0. The Morgan fingerprint density at radius 3 is 2.50 bits per heavy atom. The first-order valence-corrected chi connectivity index (χ1v) is 4.75. The van der Waals surface area contributed by atoms with Crippen molar-refractivity contribution in [3.05, 3.63) is 12.2 Å². The molecule has 0 fully saturated rings. The molecule has 0 saturated carbocycles. The summed E-state index contributed by atoms with van der Waals surface area (Å²) in [7, 11) is 0. The van der Waals surface area contributed by atoms with Gasteiger partial charge in [0.1, 0.15) is 0 Å². The molecule has 0 aliphatic heterocycles. The molecule has 0 atom stereocenters. The Morgan fingerprint density at radius 2 is 1.93 bits per heavy atom. The second-order valence-corrected chi connectivity index (χ2v) is 2.82. The van der Waals surface area contributed by atoms with Crippen molar-refractivity contribution in [3.63, 3.8) is 0 Å². The Kier molecular flexibility index (Phi) is 8.17. The normalized spacial score (nSPS) is 10.1. The van der Waals surface area contributed by atoms with E-state index in [4.69, 9.17) is 14.6 Å². The molecule has 0 amide bonds. The van der Waals surface area contributed by atoms with Gasteiger partial charge in [0.05, 0.1) is 13.2 Å². The molecule has 0 aromatic rings. The van der Waals surface area contributed by atoms with Gasteiger partial charge >= 0.3 is 5.97 Å². The van der Waals surface area contributed by atoms with Crippen LogP contribution in [0.3, 0.4) is 0 Å². The standard InChI is InChI=1S/C10H18O4/c1-3-13-7-8-14-6-4-5-9(2)10(11)12/h2-8H2,1H3,(H,11,12). The third-order valence-electron chi connectivity index (χ3n) is 1.65. The number of carboxylic acids is 1. The van der Waals surface area contributed by atoms with Gasteiger partial charge in [0.25, 0.3) is 0 Å². The van der Waals surface area contributed by atoms with Crippen LogP contribution in [0.4, 0.5) is 0 Å². The van der Waals surface area contributed by atoms with Gasteiger partial charge in [0.15, 0.2) is 0 Å². The molecule has 82 valence electrons. The zero-order chi connectivity index (χ0) is 10.8. The number of ether oxygens (including phenoxy) is 2. The molecule has 0 radical (unpaired) electrons. The zero-order valence-electron chi connectivity index (χ0n) is 8.62. The Hall–Kier alpha value is -0.870. The third kappa shape index (κ3) is 7.76. The van der Waals surface area contributed by atoms with Crippen molar-refractivity contribution in [2.75, 3.05) is 26.4 Å². The van der Waals surface area contributed by atoms with E-state index in [0.717, 1.165) is 0 Å².